The minimum atomic E-state index is -1.21. The van der Waals surface area contributed by atoms with Gasteiger partial charge in [0, 0.05) is 14.0 Å². The van der Waals surface area contributed by atoms with Crippen LogP contribution >= 0.6 is 0 Å². The number of hydrogen-bond acceptors (Lipinski definition) is 6. The molecule has 0 amide bonds. The van der Waals surface area contributed by atoms with Crippen LogP contribution in [-0.4, -0.2) is 54.0 Å². The molecule has 6 heteroatoms. The van der Waals surface area contributed by atoms with E-state index >= 15 is 0 Å². The molecule has 0 aromatic rings. The number of hydrogen-bond donors (Lipinski definition) is 2. The zero-order chi connectivity index (χ0) is 11.6. The summed E-state index contributed by atoms with van der Waals surface area (Å²) in [4.78, 5) is 10.8. The maximum atomic E-state index is 10.8. The summed E-state index contributed by atoms with van der Waals surface area (Å²) in [6.07, 6.45) is -4.74. The van der Waals surface area contributed by atoms with Gasteiger partial charge in [-0.2, -0.15) is 0 Å². The largest absolute Gasteiger partial charge is 0.454 e. The monoisotopic (exact) mass is 220 g/mol. The van der Waals surface area contributed by atoms with Crippen LogP contribution in [-0.2, 0) is 19.0 Å². The zero-order valence-electron chi connectivity index (χ0n) is 8.91. The molecular weight excluding hydrogens is 204 g/mol. The molecule has 6 nitrogen and oxygen atoms in total. The maximum Gasteiger partial charge on any atom is 0.303 e. The van der Waals surface area contributed by atoms with Gasteiger partial charge in [-0.05, 0) is 6.92 Å². The SMILES string of the molecule is CO[C@@H]1O[C@@H](C)[C@@H](O)[C@@H](O)[C@@H]1OC(C)=O. The quantitative estimate of drug-likeness (QED) is 0.582. The Kier molecular flexibility index (Phi) is 4.04. The predicted octanol–water partition coefficient (Wildman–Crippen LogP) is -0.969. The molecule has 1 saturated heterocycles. The summed E-state index contributed by atoms with van der Waals surface area (Å²) in [6, 6.07) is 0. The van der Waals surface area contributed by atoms with Gasteiger partial charge in [-0.15, -0.1) is 0 Å². The van der Waals surface area contributed by atoms with Gasteiger partial charge < -0.3 is 24.4 Å². The van der Waals surface area contributed by atoms with E-state index in [0.717, 1.165) is 0 Å². The lowest BCUT2D eigenvalue weighted by Gasteiger charge is -2.39. The Labute approximate surface area is 87.7 Å². The Hall–Kier alpha value is -0.690. The molecule has 0 saturated carbocycles. The van der Waals surface area contributed by atoms with E-state index in [4.69, 9.17) is 14.2 Å². The Balaban J connectivity index is 2.75. The molecule has 0 radical (unpaired) electrons. The number of methoxy groups -OCH3 is 1. The summed E-state index contributed by atoms with van der Waals surface area (Å²) in [5, 5.41) is 19.2. The van der Waals surface area contributed by atoms with E-state index in [-0.39, 0.29) is 0 Å². The van der Waals surface area contributed by atoms with Crippen molar-refractivity contribution < 1.29 is 29.2 Å². The van der Waals surface area contributed by atoms with Crippen molar-refractivity contribution in [2.45, 2.75) is 44.6 Å². The van der Waals surface area contributed by atoms with E-state index < -0.39 is 36.7 Å². The highest BCUT2D eigenvalue weighted by Gasteiger charge is 2.44. The minimum Gasteiger partial charge on any atom is -0.454 e. The first-order valence-corrected chi connectivity index (χ1v) is 4.69. The Morgan fingerprint density at radius 1 is 1.33 bits per heavy atom. The zero-order valence-corrected chi connectivity index (χ0v) is 8.91. The van der Waals surface area contributed by atoms with Crippen molar-refractivity contribution >= 4 is 5.97 Å². The van der Waals surface area contributed by atoms with Crippen molar-refractivity contribution in [2.75, 3.05) is 7.11 Å². The molecule has 1 aliphatic heterocycles. The van der Waals surface area contributed by atoms with E-state index in [1.807, 2.05) is 0 Å². The fraction of sp³-hybridized carbons (Fsp3) is 0.889. The van der Waals surface area contributed by atoms with E-state index in [1.165, 1.54) is 14.0 Å². The molecule has 1 fully saturated rings. The molecule has 2 N–H and O–H groups in total. The Morgan fingerprint density at radius 3 is 2.40 bits per heavy atom. The number of esters is 1. The second kappa shape index (κ2) is 4.89. The smallest absolute Gasteiger partial charge is 0.303 e. The molecule has 0 spiro atoms. The van der Waals surface area contributed by atoms with E-state index in [1.54, 1.807) is 6.92 Å². The summed E-state index contributed by atoms with van der Waals surface area (Å²) < 4.78 is 15.0. The second-order valence-corrected chi connectivity index (χ2v) is 3.50. The molecule has 88 valence electrons. The topological polar surface area (TPSA) is 85.2 Å². The number of carbonyl (C=O) groups excluding carboxylic acids is 1. The first-order chi connectivity index (χ1) is 6.97. The number of aliphatic hydroxyl groups excluding tert-OH is 2. The lowest BCUT2D eigenvalue weighted by atomic mass is 10.00. The average Bonchev–Trinajstić information content (AvgIpc) is 2.18. The van der Waals surface area contributed by atoms with Crippen LogP contribution in [0.1, 0.15) is 13.8 Å². The third-order valence-electron chi connectivity index (χ3n) is 2.32. The van der Waals surface area contributed by atoms with Crippen molar-refractivity contribution in [3.05, 3.63) is 0 Å². The standard InChI is InChI=1S/C9H16O6/c1-4-6(11)7(12)8(15-5(2)10)9(13-3)14-4/h4,6-9,11-12H,1-3H3/t4-,6+,7+,8-,9+/m0/s1. The molecule has 5 atom stereocenters. The van der Waals surface area contributed by atoms with Gasteiger partial charge in [0.05, 0.1) is 6.10 Å². The van der Waals surface area contributed by atoms with Crippen LogP contribution in [0, 0.1) is 0 Å². The van der Waals surface area contributed by atoms with Crippen molar-refractivity contribution in [2.24, 2.45) is 0 Å². The molecule has 0 aromatic carbocycles. The van der Waals surface area contributed by atoms with Crippen LogP contribution < -0.4 is 0 Å². The van der Waals surface area contributed by atoms with Gasteiger partial charge in [-0.3, -0.25) is 4.79 Å². The molecule has 1 aliphatic rings. The molecule has 0 unspecified atom stereocenters. The average molecular weight is 220 g/mol. The maximum absolute atomic E-state index is 10.8. The highest BCUT2D eigenvalue weighted by atomic mass is 16.7. The number of rotatable bonds is 2. The first-order valence-electron chi connectivity index (χ1n) is 4.69. The third kappa shape index (κ3) is 2.66. The van der Waals surface area contributed by atoms with Crippen molar-refractivity contribution in [1.29, 1.82) is 0 Å². The summed E-state index contributed by atoms with van der Waals surface area (Å²) in [5.74, 6) is -0.563. The van der Waals surface area contributed by atoms with E-state index in [2.05, 4.69) is 0 Å². The highest BCUT2D eigenvalue weighted by molar-refractivity contribution is 5.66. The van der Waals surface area contributed by atoms with Gasteiger partial charge in [-0.25, -0.2) is 0 Å². The highest BCUT2D eigenvalue weighted by Crippen LogP contribution is 2.23. The summed E-state index contributed by atoms with van der Waals surface area (Å²) in [7, 11) is 1.37. The molecule has 0 bridgehead atoms. The number of carbonyl (C=O) groups is 1. The molecule has 0 aliphatic carbocycles. The van der Waals surface area contributed by atoms with Gasteiger partial charge in [0.1, 0.15) is 12.2 Å². The van der Waals surface area contributed by atoms with Gasteiger partial charge >= 0.3 is 5.97 Å². The minimum absolute atomic E-state index is 0.563. The van der Waals surface area contributed by atoms with Gasteiger partial charge in [0.15, 0.2) is 12.4 Å². The first kappa shape index (κ1) is 12.4. The van der Waals surface area contributed by atoms with Crippen molar-refractivity contribution in [1.82, 2.24) is 0 Å². The molecule has 1 heterocycles. The van der Waals surface area contributed by atoms with Gasteiger partial charge in [0.25, 0.3) is 0 Å². The van der Waals surface area contributed by atoms with Crippen LogP contribution in [0.5, 0.6) is 0 Å². The molecule has 0 aromatic heterocycles. The third-order valence-corrected chi connectivity index (χ3v) is 2.32. The number of aliphatic hydroxyl groups is 2. The fourth-order valence-corrected chi connectivity index (χ4v) is 1.51. The molecular formula is C9H16O6. The second-order valence-electron chi connectivity index (χ2n) is 3.50. The van der Waals surface area contributed by atoms with Gasteiger partial charge in [-0.1, -0.05) is 0 Å². The lowest BCUT2D eigenvalue weighted by Crippen LogP contribution is -2.58. The van der Waals surface area contributed by atoms with Crippen LogP contribution in [0.15, 0.2) is 0 Å². The molecule has 1 rings (SSSR count). The Morgan fingerprint density at radius 2 is 1.93 bits per heavy atom. The summed E-state index contributed by atoms with van der Waals surface area (Å²) >= 11 is 0. The van der Waals surface area contributed by atoms with Gasteiger partial charge in [0.2, 0.25) is 0 Å². The van der Waals surface area contributed by atoms with Crippen molar-refractivity contribution in [3.8, 4) is 0 Å². The van der Waals surface area contributed by atoms with Crippen LogP contribution in [0.25, 0.3) is 0 Å². The fourth-order valence-electron chi connectivity index (χ4n) is 1.51. The summed E-state index contributed by atoms with van der Waals surface area (Å²) in [5.41, 5.74) is 0. The number of ether oxygens (including phenoxy) is 3. The van der Waals surface area contributed by atoms with Crippen LogP contribution in [0.4, 0.5) is 0 Å². The lowest BCUT2D eigenvalue weighted by molar-refractivity contribution is -0.289. The summed E-state index contributed by atoms with van der Waals surface area (Å²) in [6.45, 7) is 2.81. The van der Waals surface area contributed by atoms with E-state index in [0.29, 0.717) is 0 Å². The molecule has 15 heavy (non-hydrogen) atoms. The Bertz CT molecular complexity index is 229. The predicted molar refractivity (Wildman–Crippen MR) is 48.9 cm³/mol. The van der Waals surface area contributed by atoms with Crippen molar-refractivity contribution in [3.63, 3.8) is 0 Å². The normalized spacial score (nSPS) is 41.3. The van der Waals surface area contributed by atoms with Crippen LogP contribution in [0.2, 0.25) is 0 Å². The van der Waals surface area contributed by atoms with E-state index in [9.17, 15) is 15.0 Å². The van der Waals surface area contributed by atoms with Crippen LogP contribution in [0.3, 0.4) is 0 Å².